The van der Waals surface area contributed by atoms with Gasteiger partial charge in [0.05, 0.1) is 29.4 Å². The van der Waals surface area contributed by atoms with Crippen molar-refractivity contribution in [3.63, 3.8) is 0 Å². The van der Waals surface area contributed by atoms with Gasteiger partial charge in [0.1, 0.15) is 33.2 Å². The lowest BCUT2D eigenvalue weighted by Crippen LogP contribution is -2.12. The fraction of sp³-hybridized carbons (Fsp3) is 0.118. The fourth-order valence-electron chi connectivity index (χ4n) is 2.38. The summed E-state index contributed by atoms with van der Waals surface area (Å²) < 4.78 is 27.9. The minimum atomic E-state index is -0.782. The molecule has 0 unspecified atom stereocenters. The topological polar surface area (TPSA) is 118 Å². The van der Waals surface area contributed by atoms with E-state index in [-0.39, 0.29) is 44.6 Å². The Balaban J connectivity index is 1.93. The van der Waals surface area contributed by atoms with Crippen LogP contribution in [0.2, 0.25) is 0 Å². The second-order valence-corrected chi connectivity index (χ2v) is 6.36. The van der Waals surface area contributed by atoms with Gasteiger partial charge in [-0.2, -0.15) is 15.6 Å². The molecule has 134 valence electrons. The third-order valence-corrected chi connectivity index (χ3v) is 4.79. The zero-order valence-corrected chi connectivity index (χ0v) is 14.6. The molecule has 0 saturated carbocycles. The fourth-order valence-corrected chi connectivity index (χ4v) is 3.39. The molecule has 7 nitrogen and oxygen atoms in total. The molecular formula is C17H10F2N6OS. The molecule has 0 aliphatic rings. The number of aromatic amines is 1. The Morgan fingerprint density at radius 3 is 2.67 bits per heavy atom. The Bertz CT molecular complexity index is 1100. The number of rotatable bonds is 4. The normalized spacial score (nSPS) is 10.3. The Kier molecular flexibility index (Phi) is 4.92. The van der Waals surface area contributed by atoms with Crippen LogP contribution in [0.15, 0.2) is 18.2 Å². The van der Waals surface area contributed by atoms with Crippen LogP contribution in [-0.2, 0) is 6.42 Å². The lowest BCUT2D eigenvalue weighted by molar-refractivity contribution is 0.102. The number of amides is 1. The van der Waals surface area contributed by atoms with Gasteiger partial charge in [-0.15, -0.1) is 11.3 Å². The van der Waals surface area contributed by atoms with Gasteiger partial charge < -0.3 is 5.32 Å². The molecule has 0 spiro atoms. The van der Waals surface area contributed by atoms with E-state index in [2.05, 4.69) is 20.5 Å². The minimum absolute atomic E-state index is 0.0285. The number of nitrogens with zero attached hydrogens (tertiary/aromatic N) is 4. The quantitative estimate of drug-likeness (QED) is 0.715. The van der Waals surface area contributed by atoms with Gasteiger partial charge in [-0.05, 0) is 19.1 Å². The van der Waals surface area contributed by atoms with Crippen molar-refractivity contribution in [2.45, 2.75) is 13.3 Å². The van der Waals surface area contributed by atoms with E-state index in [4.69, 9.17) is 5.26 Å². The summed E-state index contributed by atoms with van der Waals surface area (Å²) in [4.78, 5) is 16.7. The molecule has 1 amide bonds. The summed E-state index contributed by atoms with van der Waals surface area (Å²) in [6, 6.07) is 7.21. The average molecular weight is 384 g/mol. The van der Waals surface area contributed by atoms with E-state index < -0.39 is 17.5 Å². The van der Waals surface area contributed by atoms with Gasteiger partial charge in [0.25, 0.3) is 5.91 Å². The highest BCUT2D eigenvalue weighted by molar-refractivity contribution is 7.17. The van der Waals surface area contributed by atoms with E-state index >= 15 is 0 Å². The van der Waals surface area contributed by atoms with Gasteiger partial charge in [0.15, 0.2) is 5.82 Å². The second kappa shape index (κ2) is 7.32. The van der Waals surface area contributed by atoms with Crippen molar-refractivity contribution < 1.29 is 13.6 Å². The van der Waals surface area contributed by atoms with Gasteiger partial charge in [-0.25, -0.2) is 13.8 Å². The molecule has 3 rings (SSSR count). The molecule has 0 fully saturated rings. The highest BCUT2D eigenvalue weighted by Gasteiger charge is 2.22. The number of hydrogen-bond donors (Lipinski definition) is 2. The Hall–Kier alpha value is -3.63. The lowest BCUT2D eigenvalue weighted by atomic mass is 10.2. The van der Waals surface area contributed by atoms with Gasteiger partial charge in [-0.3, -0.25) is 9.89 Å². The third kappa shape index (κ3) is 3.38. The van der Waals surface area contributed by atoms with Crippen LogP contribution in [0.1, 0.15) is 26.6 Å². The molecule has 10 heteroatoms. The monoisotopic (exact) mass is 384 g/mol. The van der Waals surface area contributed by atoms with Crippen LogP contribution in [0.4, 0.5) is 14.6 Å². The summed E-state index contributed by atoms with van der Waals surface area (Å²) in [7, 11) is 0. The maximum atomic E-state index is 13.9. The first-order valence-electron chi connectivity index (χ1n) is 7.53. The number of aryl methyl sites for hydroxylation is 1. The standard InChI is InChI=1S/C17H10F2N6OS/c1-8-14(27-17(22-8)13-10(18)3-2-4-11(13)19)16(26)23-15-9(7-21)12(5-6-20)24-25-15/h2-4H,5H2,1H3,(H2,23,24,25,26). The van der Waals surface area contributed by atoms with Crippen LogP contribution >= 0.6 is 11.3 Å². The number of halogens is 2. The highest BCUT2D eigenvalue weighted by atomic mass is 32.1. The smallest absolute Gasteiger partial charge is 0.268 e. The van der Waals surface area contributed by atoms with Crippen molar-refractivity contribution in [1.82, 2.24) is 15.2 Å². The van der Waals surface area contributed by atoms with Gasteiger partial charge in [0, 0.05) is 0 Å². The van der Waals surface area contributed by atoms with Gasteiger partial charge in [-0.1, -0.05) is 6.07 Å². The second-order valence-electron chi connectivity index (χ2n) is 5.36. The van der Waals surface area contributed by atoms with Crippen molar-refractivity contribution in [3.05, 3.63) is 51.7 Å². The van der Waals surface area contributed by atoms with Crippen molar-refractivity contribution in [2.75, 3.05) is 5.32 Å². The molecular weight excluding hydrogens is 374 g/mol. The third-order valence-electron chi connectivity index (χ3n) is 3.62. The van der Waals surface area contributed by atoms with E-state index in [0.29, 0.717) is 0 Å². The van der Waals surface area contributed by atoms with Gasteiger partial charge in [0.2, 0.25) is 0 Å². The largest absolute Gasteiger partial charge is 0.303 e. The molecule has 2 N–H and O–H groups in total. The molecule has 0 radical (unpaired) electrons. The summed E-state index contributed by atoms with van der Waals surface area (Å²) in [5, 5.41) is 26.8. The molecule has 2 aromatic heterocycles. The molecule has 0 atom stereocenters. The van der Waals surface area contributed by atoms with Crippen molar-refractivity contribution in [2.24, 2.45) is 0 Å². The lowest BCUT2D eigenvalue weighted by Gasteiger charge is -2.01. The number of nitrogens with one attached hydrogen (secondary N) is 2. The van der Waals surface area contributed by atoms with Crippen LogP contribution < -0.4 is 5.32 Å². The number of aromatic nitrogens is 3. The van der Waals surface area contributed by atoms with E-state index in [0.717, 1.165) is 23.5 Å². The maximum absolute atomic E-state index is 13.9. The molecule has 0 aliphatic heterocycles. The predicted molar refractivity (Wildman–Crippen MR) is 92.8 cm³/mol. The molecule has 2 heterocycles. The molecule has 3 aromatic rings. The van der Waals surface area contributed by atoms with Crippen LogP contribution in [0.5, 0.6) is 0 Å². The van der Waals surface area contributed by atoms with Crippen molar-refractivity contribution in [3.8, 4) is 22.7 Å². The minimum Gasteiger partial charge on any atom is -0.303 e. The summed E-state index contributed by atoms with van der Waals surface area (Å²) in [5.74, 6) is -2.22. The zero-order chi connectivity index (χ0) is 19.6. The van der Waals surface area contributed by atoms with Crippen molar-refractivity contribution >= 4 is 23.1 Å². The summed E-state index contributed by atoms with van der Waals surface area (Å²) in [6.45, 7) is 1.53. The summed E-state index contributed by atoms with van der Waals surface area (Å²) in [6.07, 6.45) is -0.0674. The number of thiazole rings is 1. The Morgan fingerprint density at radius 1 is 1.33 bits per heavy atom. The number of carbonyl (C=O) groups excluding carboxylic acids is 1. The average Bonchev–Trinajstić information content (AvgIpc) is 3.18. The van der Waals surface area contributed by atoms with Crippen LogP contribution in [-0.4, -0.2) is 21.1 Å². The molecule has 0 saturated heterocycles. The molecule has 0 aliphatic carbocycles. The van der Waals surface area contributed by atoms with Crippen LogP contribution in [0, 0.1) is 41.2 Å². The number of nitriles is 2. The first-order valence-corrected chi connectivity index (χ1v) is 8.35. The first-order chi connectivity index (χ1) is 13.0. The Labute approximate surface area is 155 Å². The highest BCUT2D eigenvalue weighted by Crippen LogP contribution is 2.32. The molecule has 1 aromatic carbocycles. The maximum Gasteiger partial charge on any atom is 0.268 e. The number of carbonyl (C=O) groups is 1. The van der Waals surface area contributed by atoms with E-state index in [9.17, 15) is 18.8 Å². The van der Waals surface area contributed by atoms with Gasteiger partial charge >= 0.3 is 0 Å². The zero-order valence-electron chi connectivity index (χ0n) is 13.8. The van der Waals surface area contributed by atoms with E-state index in [1.807, 2.05) is 12.1 Å². The number of benzene rings is 1. The summed E-state index contributed by atoms with van der Waals surface area (Å²) >= 11 is 0.822. The SMILES string of the molecule is Cc1nc(-c2c(F)cccc2F)sc1C(=O)Nc1n[nH]c(CC#N)c1C#N. The van der Waals surface area contributed by atoms with E-state index in [1.54, 1.807) is 0 Å². The first kappa shape index (κ1) is 18.2. The molecule has 27 heavy (non-hydrogen) atoms. The Morgan fingerprint density at radius 2 is 2.04 bits per heavy atom. The number of H-pyrrole nitrogens is 1. The van der Waals surface area contributed by atoms with Crippen LogP contribution in [0.3, 0.4) is 0 Å². The number of hydrogen-bond acceptors (Lipinski definition) is 6. The summed E-state index contributed by atoms with van der Waals surface area (Å²) in [5.41, 5.74) is 0.303. The van der Waals surface area contributed by atoms with E-state index in [1.165, 1.54) is 13.0 Å². The predicted octanol–water partition coefficient (Wildman–Crippen LogP) is 3.31. The van der Waals surface area contributed by atoms with Crippen LogP contribution in [0.25, 0.3) is 10.6 Å². The molecule has 0 bridgehead atoms. The number of anilines is 1. The van der Waals surface area contributed by atoms with Crippen molar-refractivity contribution in [1.29, 1.82) is 10.5 Å².